The number of phenols is 1. The Morgan fingerprint density at radius 2 is 1.65 bits per heavy atom. The third-order valence-corrected chi connectivity index (χ3v) is 7.44. The zero-order valence-corrected chi connectivity index (χ0v) is 20.1. The van der Waals surface area contributed by atoms with Crippen molar-refractivity contribution in [2.75, 3.05) is 26.2 Å². The molecule has 9 heteroatoms. The zero-order valence-electron chi connectivity index (χ0n) is 18.6. The molecule has 0 unspecified atom stereocenters. The molecule has 0 spiro atoms. The lowest BCUT2D eigenvalue weighted by molar-refractivity contribution is 0.0536. The van der Waals surface area contributed by atoms with Crippen LogP contribution < -0.4 is 0 Å². The van der Waals surface area contributed by atoms with Gasteiger partial charge >= 0.3 is 0 Å². The van der Waals surface area contributed by atoms with Gasteiger partial charge in [-0.3, -0.25) is 14.3 Å². The van der Waals surface area contributed by atoms with Crippen molar-refractivity contribution in [1.29, 1.82) is 0 Å². The van der Waals surface area contributed by atoms with Gasteiger partial charge in [0.15, 0.2) is 0 Å². The van der Waals surface area contributed by atoms with Crippen LogP contribution in [0.1, 0.15) is 31.3 Å². The van der Waals surface area contributed by atoms with Gasteiger partial charge in [-0.1, -0.05) is 35.9 Å². The molecular weight excluding hydrogens is 472 g/mol. The van der Waals surface area contributed by atoms with Gasteiger partial charge in [0.25, 0.3) is 11.8 Å². The average Bonchev–Trinajstić information content (AvgIpc) is 3.41. The van der Waals surface area contributed by atoms with Crippen LogP contribution in [0.5, 0.6) is 5.75 Å². The number of carbonyl (C=O) groups excluding carboxylic acids is 2. The lowest BCUT2D eigenvalue weighted by Crippen LogP contribution is -2.50. The summed E-state index contributed by atoms with van der Waals surface area (Å²) in [5.41, 5.74) is 2.25. The lowest BCUT2D eigenvalue weighted by atomic mass is 10.1. The molecule has 1 aliphatic rings. The smallest absolute Gasteiger partial charge is 0.264 e. The molecule has 0 aliphatic carbocycles. The van der Waals surface area contributed by atoms with Gasteiger partial charge in [0.2, 0.25) is 0 Å². The van der Waals surface area contributed by atoms with E-state index in [9.17, 15) is 14.7 Å². The minimum atomic E-state index is -0.218. The van der Waals surface area contributed by atoms with Gasteiger partial charge in [0.1, 0.15) is 10.6 Å². The number of carbonyl (C=O) groups is 2. The number of nitrogens with zero attached hydrogens (tertiary/aromatic N) is 4. The maximum absolute atomic E-state index is 13.2. The Hall–Kier alpha value is -3.36. The molecule has 174 valence electrons. The molecule has 0 atom stereocenters. The summed E-state index contributed by atoms with van der Waals surface area (Å²) in [5, 5.41) is 16.3. The predicted molar refractivity (Wildman–Crippen MR) is 133 cm³/mol. The summed E-state index contributed by atoms with van der Waals surface area (Å²) in [6.07, 6.45) is 0. The normalized spacial score (nSPS) is 14.1. The molecule has 2 aromatic carbocycles. The van der Waals surface area contributed by atoms with Gasteiger partial charge in [-0.15, -0.1) is 11.3 Å². The topological polar surface area (TPSA) is 78.7 Å². The highest BCUT2D eigenvalue weighted by molar-refractivity contribution is 7.20. The number of aromatic hydroxyl groups is 1. The van der Waals surface area contributed by atoms with E-state index < -0.39 is 0 Å². The van der Waals surface area contributed by atoms with Crippen LogP contribution in [0.25, 0.3) is 10.2 Å². The Morgan fingerprint density at radius 3 is 2.32 bits per heavy atom. The first-order chi connectivity index (χ1) is 16.4. The minimum Gasteiger partial charge on any atom is -0.507 e. The highest BCUT2D eigenvalue weighted by Crippen LogP contribution is 2.30. The number of thiophene rings is 1. The van der Waals surface area contributed by atoms with Crippen molar-refractivity contribution in [3.8, 4) is 5.75 Å². The Labute approximate surface area is 205 Å². The summed E-state index contributed by atoms with van der Waals surface area (Å²) in [5.74, 6) is -0.280. The third-order valence-electron chi connectivity index (χ3n) is 6.05. The quantitative estimate of drug-likeness (QED) is 0.455. The van der Waals surface area contributed by atoms with Crippen molar-refractivity contribution >= 4 is 45.0 Å². The van der Waals surface area contributed by atoms with E-state index in [4.69, 9.17) is 11.6 Å². The van der Waals surface area contributed by atoms with Crippen LogP contribution in [-0.2, 0) is 6.54 Å². The fourth-order valence-corrected chi connectivity index (χ4v) is 5.44. The second-order valence-corrected chi connectivity index (χ2v) is 9.77. The van der Waals surface area contributed by atoms with E-state index in [-0.39, 0.29) is 23.1 Å². The molecule has 34 heavy (non-hydrogen) atoms. The number of hydrogen-bond donors (Lipinski definition) is 1. The van der Waals surface area contributed by atoms with E-state index in [1.165, 1.54) is 17.4 Å². The second-order valence-electron chi connectivity index (χ2n) is 8.30. The van der Waals surface area contributed by atoms with E-state index in [0.29, 0.717) is 42.6 Å². The standard InChI is InChI=1S/C25H23ClN4O3S/c1-16-20-14-22(34-25(20)30(27-16)15-17-6-8-18(26)9-7-17)24(33)29-12-10-28(11-13-29)23(32)19-4-2-3-5-21(19)31/h2-9,14,31H,10-13,15H2,1H3. The molecule has 3 heterocycles. The third kappa shape index (κ3) is 4.26. The average molecular weight is 495 g/mol. The van der Waals surface area contributed by atoms with Gasteiger partial charge in [-0.25, -0.2) is 0 Å². The largest absolute Gasteiger partial charge is 0.507 e. The van der Waals surface area contributed by atoms with Crippen molar-refractivity contribution in [2.24, 2.45) is 0 Å². The van der Waals surface area contributed by atoms with E-state index >= 15 is 0 Å². The van der Waals surface area contributed by atoms with E-state index in [1.54, 1.807) is 28.0 Å². The van der Waals surface area contributed by atoms with Crippen LogP contribution >= 0.6 is 22.9 Å². The predicted octanol–water partition coefficient (Wildman–Crippen LogP) is 4.41. The zero-order chi connectivity index (χ0) is 23.8. The molecule has 1 aliphatic heterocycles. The molecule has 1 N–H and O–H groups in total. The summed E-state index contributed by atoms with van der Waals surface area (Å²) >= 11 is 7.44. The number of fused-ring (bicyclic) bond motifs is 1. The number of halogens is 1. The summed E-state index contributed by atoms with van der Waals surface area (Å²) in [6, 6.07) is 16.1. The van der Waals surface area contributed by atoms with Gasteiger partial charge < -0.3 is 14.9 Å². The number of hydrogen-bond acceptors (Lipinski definition) is 5. The molecular formula is C25H23ClN4O3S. The number of rotatable bonds is 4. The van der Waals surface area contributed by atoms with Gasteiger partial charge in [-0.2, -0.15) is 5.10 Å². The lowest BCUT2D eigenvalue weighted by Gasteiger charge is -2.34. The molecule has 1 saturated heterocycles. The second kappa shape index (κ2) is 9.12. The highest BCUT2D eigenvalue weighted by atomic mass is 35.5. The van der Waals surface area contributed by atoms with Crippen LogP contribution in [0.15, 0.2) is 54.6 Å². The maximum atomic E-state index is 13.2. The SMILES string of the molecule is Cc1nn(Cc2ccc(Cl)cc2)c2sc(C(=O)N3CCN(C(=O)c4ccccc4O)CC3)cc12. The monoisotopic (exact) mass is 494 g/mol. The number of piperazine rings is 1. The summed E-state index contributed by atoms with van der Waals surface area (Å²) in [7, 11) is 0. The minimum absolute atomic E-state index is 0.0284. The fourth-order valence-electron chi connectivity index (χ4n) is 4.18. The number of aromatic nitrogens is 2. The van der Waals surface area contributed by atoms with Crippen LogP contribution in [0.3, 0.4) is 0 Å². The number of aryl methyl sites for hydroxylation is 1. The first-order valence-corrected chi connectivity index (χ1v) is 12.2. The molecule has 4 aromatic rings. The maximum Gasteiger partial charge on any atom is 0.264 e. The molecule has 5 rings (SSSR count). The Balaban J connectivity index is 1.29. The van der Waals surface area contributed by atoms with E-state index in [2.05, 4.69) is 5.10 Å². The summed E-state index contributed by atoms with van der Waals surface area (Å²) in [6.45, 7) is 4.29. The molecule has 0 saturated carbocycles. The Bertz CT molecular complexity index is 1370. The van der Waals surface area contributed by atoms with Gasteiger partial charge in [0, 0.05) is 36.6 Å². The number of para-hydroxylation sites is 1. The number of amides is 2. The molecule has 0 bridgehead atoms. The van der Waals surface area contributed by atoms with Crippen molar-refractivity contribution in [3.63, 3.8) is 0 Å². The molecule has 0 radical (unpaired) electrons. The van der Waals surface area contributed by atoms with Crippen molar-refractivity contribution in [2.45, 2.75) is 13.5 Å². The molecule has 7 nitrogen and oxygen atoms in total. The fraction of sp³-hybridized carbons (Fsp3) is 0.240. The van der Waals surface area contributed by atoms with Crippen LogP contribution in [0.4, 0.5) is 0 Å². The van der Waals surface area contributed by atoms with Gasteiger partial charge in [-0.05, 0) is 42.8 Å². The molecule has 1 fully saturated rings. The van der Waals surface area contributed by atoms with Crippen molar-refractivity contribution < 1.29 is 14.7 Å². The number of benzene rings is 2. The Kier molecular flexibility index (Phi) is 6.02. The molecule has 2 amide bonds. The summed E-state index contributed by atoms with van der Waals surface area (Å²) < 4.78 is 1.93. The van der Waals surface area contributed by atoms with Crippen molar-refractivity contribution in [3.05, 3.63) is 81.3 Å². The van der Waals surface area contributed by atoms with Gasteiger partial charge in [0.05, 0.1) is 22.7 Å². The first kappa shape index (κ1) is 22.4. The van der Waals surface area contributed by atoms with E-state index in [1.807, 2.05) is 41.9 Å². The Morgan fingerprint density at radius 1 is 1.00 bits per heavy atom. The molecule has 2 aromatic heterocycles. The van der Waals surface area contributed by atoms with Crippen molar-refractivity contribution in [1.82, 2.24) is 19.6 Å². The number of phenolic OH excluding ortho intramolecular Hbond substituents is 1. The van der Waals surface area contributed by atoms with E-state index in [0.717, 1.165) is 21.5 Å². The van der Waals surface area contributed by atoms with Crippen LogP contribution in [0.2, 0.25) is 5.02 Å². The summed E-state index contributed by atoms with van der Waals surface area (Å²) in [4.78, 5) is 31.1. The van der Waals surface area contributed by atoms with Crippen LogP contribution in [-0.4, -0.2) is 62.7 Å². The highest BCUT2D eigenvalue weighted by Gasteiger charge is 2.28. The van der Waals surface area contributed by atoms with Crippen LogP contribution in [0, 0.1) is 6.92 Å². The first-order valence-electron chi connectivity index (χ1n) is 11.0.